The number of likely N-dealkylation sites (N-methyl/N-ethyl adjacent to an activating group) is 1. The van der Waals surface area contributed by atoms with Crippen molar-refractivity contribution in [3.05, 3.63) is 0 Å². The number of quaternary nitrogens is 1. The van der Waals surface area contributed by atoms with Crippen molar-refractivity contribution in [2.75, 3.05) is 27.7 Å². The summed E-state index contributed by atoms with van der Waals surface area (Å²) in [6.45, 7) is 4.64. The third kappa shape index (κ3) is 29.2. The summed E-state index contributed by atoms with van der Waals surface area (Å²) in [5.41, 5.74) is -1.67. The topological polar surface area (TPSA) is 83.5 Å². The van der Waals surface area contributed by atoms with Gasteiger partial charge in [0.1, 0.15) is 6.54 Å². The van der Waals surface area contributed by atoms with E-state index in [9.17, 15) is 19.5 Å². The summed E-state index contributed by atoms with van der Waals surface area (Å²) in [6, 6.07) is 0. The maximum atomic E-state index is 13.6. The number of carboxylic acid groups (broad SMARTS) is 1. The van der Waals surface area contributed by atoms with Crippen molar-refractivity contribution in [3.8, 4) is 0 Å². The number of Topliss-reactive ketones (excluding diaryl/α,β-unsaturated/α-hetero) is 1. The molecule has 0 aliphatic rings. The Hall–Kier alpha value is -1.43. The van der Waals surface area contributed by atoms with Crippen molar-refractivity contribution in [1.82, 2.24) is 0 Å². The number of carboxylic acids is 1. The molecule has 0 aromatic carbocycles. The predicted octanol–water partition coefficient (Wildman–Crippen LogP) is 10.4. The van der Waals surface area contributed by atoms with Gasteiger partial charge in [0.2, 0.25) is 5.60 Å². The summed E-state index contributed by atoms with van der Waals surface area (Å²) in [7, 11) is 5.68. The van der Waals surface area contributed by atoms with E-state index in [2.05, 4.69) is 13.8 Å². The molecule has 0 heterocycles. The lowest BCUT2D eigenvalue weighted by Crippen LogP contribution is -2.58. The van der Waals surface area contributed by atoms with Crippen LogP contribution >= 0.6 is 0 Å². The number of aliphatic carboxylic acids is 1. The third-order valence-electron chi connectivity index (χ3n) is 9.47. The highest BCUT2D eigenvalue weighted by atomic mass is 16.6. The van der Waals surface area contributed by atoms with E-state index in [0.717, 1.165) is 25.7 Å². The molecule has 6 nitrogen and oxygen atoms in total. The number of esters is 1. The minimum absolute atomic E-state index is 0.128. The van der Waals surface area contributed by atoms with Gasteiger partial charge in [-0.25, -0.2) is 0 Å². The van der Waals surface area contributed by atoms with Gasteiger partial charge in [-0.2, -0.15) is 0 Å². The molecule has 0 fully saturated rings. The molecule has 1 atom stereocenters. The van der Waals surface area contributed by atoms with Crippen LogP contribution in [0.15, 0.2) is 0 Å². The Labute approximate surface area is 292 Å². The molecule has 0 bridgehead atoms. The summed E-state index contributed by atoms with van der Waals surface area (Å²) in [5.74, 6) is -2.09. The summed E-state index contributed by atoms with van der Waals surface area (Å²) in [5, 5.41) is 11.8. The van der Waals surface area contributed by atoms with Gasteiger partial charge in [0, 0.05) is 25.2 Å². The van der Waals surface area contributed by atoms with Crippen molar-refractivity contribution >= 4 is 17.7 Å². The Kier molecular flexibility index (Phi) is 29.7. The quantitative estimate of drug-likeness (QED) is 0.0378. The molecule has 0 saturated heterocycles. The van der Waals surface area contributed by atoms with Gasteiger partial charge in [0.15, 0.2) is 5.78 Å². The van der Waals surface area contributed by atoms with Gasteiger partial charge in [-0.05, 0) is 12.8 Å². The van der Waals surface area contributed by atoms with E-state index in [1.165, 1.54) is 141 Å². The van der Waals surface area contributed by atoms with Crippen LogP contribution in [0.2, 0.25) is 0 Å². The molecule has 0 spiro atoms. The third-order valence-corrected chi connectivity index (χ3v) is 9.47. The van der Waals surface area contributed by atoms with Gasteiger partial charge in [-0.3, -0.25) is 9.59 Å². The maximum absolute atomic E-state index is 13.6. The number of hydrogen-bond acceptors (Lipinski definition) is 5. The number of rotatable bonds is 36. The van der Waals surface area contributed by atoms with Gasteiger partial charge < -0.3 is 19.1 Å². The van der Waals surface area contributed by atoms with Crippen LogP contribution in [-0.2, 0) is 19.1 Å². The van der Waals surface area contributed by atoms with Crippen molar-refractivity contribution in [3.63, 3.8) is 0 Å². The van der Waals surface area contributed by atoms with Crippen LogP contribution in [0.3, 0.4) is 0 Å². The number of nitrogens with zero attached hydrogens (tertiary/aromatic N) is 1. The molecule has 0 aromatic heterocycles. The Morgan fingerprint density at radius 1 is 0.489 bits per heavy atom. The molecule has 47 heavy (non-hydrogen) atoms. The first-order valence-electron chi connectivity index (χ1n) is 20.3. The van der Waals surface area contributed by atoms with E-state index >= 15 is 0 Å². The lowest BCUT2D eigenvalue weighted by atomic mass is 9.89. The lowest BCUT2D eigenvalue weighted by Gasteiger charge is -2.38. The molecule has 0 N–H and O–H groups in total. The number of carbonyl (C=O) groups excluding carboxylic acids is 3. The number of ether oxygens (including phenoxy) is 1. The van der Waals surface area contributed by atoms with Gasteiger partial charge in [0.25, 0.3) is 0 Å². The molecule has 0 aromatic rings. The van der Waals surface area contributed by atoms with Gasteiger partial charge in [-0.1, -0.05) is 181 Å². The van der Waals surface area contributed by atoms with Crippen molar-refractivity contribution in [2.45, 2.75) is 218 Å². The van der Waals surface area contributed by atoms with E-state index in [1.54, 1.807) is 0 Å². The van der Waals surface area contributed by atoms with Crippen LogP contribution in [0.25, 0.3) is 0 Å². The molecule has 0 rings (SSSR count). The summed E-state index contributed by atoms with van der Waals surface area (Å²) < 4.78 is 6.17. The van der Waals surface area contributed by atoms with Gasteiger partial charge >= 0.3 is 5.97 Å². The average molecular weight is 666 g/mol. The van der Waals surface area contributed by atoms with Crippen LogP contribution in [0.1, 0.15) is 213 Å². The molecule has 278 valence electrons. The summed E-state index contributed by atoms with van der Waals surface area (Å²) >= 11 is 0. The fraction of sp³-hybridized carbons (Fsp3) is 0.927. The molecular formula is C41H79NO5. The van der Waals surface area contributed by atoms with Crippen LogP contribution in [-0.4, -0.2) is 55.5 Å². The number of unbranched alkanes of at least 4 members (excludes halogenated alkanes) is 26. The molecule has 6 heteroatoms. The minimum atomic E-state index is -1.67. The van der Waals surface area contributed by atoms with Gasteiger partial charge in [0.05, 0.1) is 21.1 Å². The zero-order chi connectivity index (χ0) is 35.1. The zero-order valence-corrected chi connectivity index (χ0v) is 32.1. The SMILES string of the molecule is CCCCCCCCCCCCCCCCC(=O)OC(CC(=O)[O-])(C[N+](C)(C)C)C(=O)CCCCCCCCCCCCCCCC. The molecule has 0 radical (unpaired) electrons. The highest BCUT2D eigenvalue weighted by Gasteiger charge is 2.46. The Bertz CT molecular complexity index is 761. The molecule has 1 unspecified atom stereocenters. The van der Waals surface area contributed by atoms with Crippen molar-refractivity contribution in [1.29, 1.82) is 0 Å². The van der Waals surface area contributed by atoms with Crippen LogP contribution < -0.4 is 5.11 Å². The second-order valence-electron chi connectivity index (χ2n) is 15.6. The van der Waals surface area contributed by atoms with E-state index in [0.29, 0.717) is 17.3 Å². The van der Waals surface area contributed by atoms with Crippen LogP contribution in [0, 0.1) is 0 Å². The maximum Gasteiger partial charge on any atom is 0.307 e. The molecular weight excluding hydrogens is 586 g/mol. The first-order valence-corrected chi connectivity index (χ1v) is 20.3. The molecule has 0 saturated carbocycles. The van der Waals surface area contributed by atoms with E-state index in [-0.39, 0.29) is 25.2 Å². The Morgan fingerprint density at radius 3 is 1.09 bits per heavy atom. The van der Waals surface area contributed by atoms with E-state index < -0.39 is 24.0 Å². The van der Waals surface area contributed by atoms with Crippen molar-refractivity contribution < 1.29 is 28.7 Å². The highest BCUT2D eigenvalue weighted by Crippen LogP contribution is 2.26. The smallest absolute Gasteiger partial charge is 0.307 e. The molecule has 0 amide bonds. The normalized spacial score (nSPS) is 13.0. The number of hydrogen-bond donors (Lipinski definition) is 0. The monoisotopic (exact) mass is 666 g/mol. The lowest BCUT2D eigenvalue weighted by molar-refractivity contribution is -0.875. The Balaban J connectivity index is 4.41. The van der Waals surface area contributed by atoms with E-state index in [1.807, 2.05) is 21.1 Å². The second-order valence-corrected chi connectivity index (χ2v) is 15.6. The Morgan fingerprint density at radius 2 is 0.787 bits per heavy atom. The molecule has 0 aliphatic heterocycles. The summed E-state index contributed by atoms with van der Waals surface area (Å²) in [6.07, 6.45) is 34.4. The average Bonchev–Trinajstić information content (AvgIpc) is 3.00. The van der Waals surface area contributed by atoms with Crippen molar-refractivity contribution in [2.24, 2.45) is 0 Å². The highest BCUT2D eigenvalue weighted by molar-refractivity contribution is 5.93. The fourth-order valence-corrected chi connectivity index (χ4v) is 6.81. The number of carbonyl (C=O) groups is 3. The largest absolute Gasteiger partial charge is 0.550 e. The first kappa shape index (κ1) is 45.6. The van der Waals surface area contributed by atoms with Gasteiger partial charge in [-0.15, -0.1) is 0 Å². The number of ketones is 1. The summed E-state index contributed by atoms with van der Waals surface area (Å²) in [4.78, 5) is 38.3. The zero-order valence-electron chi connectivity index (χ0n) is 32.1. The van der Waals surface area contributed by atoms with Crippen LogP contribution in [0.4, 0.5) is 0 Å². The van der Waals surface area contributed by atoms with E-state index in [4.69, 9.17) is 4.74 Å². The second kappa shape index (κ2) is 30.6. The molecule has 0 aliphatic carbocycles. The first-order chi connectivity index (χ1) is 22.6. The standard InChI is InChI=1S/C41H79NO5/c1-6-8-10-12-14-16-18-20-22-24-26-28-30-32-34-38(43)41(36-39(44)45,37-42(3,4)5)47-40(46)35-33-31-29-27-25-23-21-19-17-15-13-11-9-7-2/h6-37H2,1-5H3. The van der Waals surface area contributed by atoms with Crippen LogP contribution in [0.5, 0.6) is 0 Å². The predicted molar refractivity (Wildman–Crippen MR) is 196 cm³/mol. The minimum Gasteiger partial charge on any atom is -0.550 e. The fourth-order valence-electron chi connectivity index (χ4n) is 6.81.